The number of hydrogen-bond acceptors (Lipinski definition) is 3. The summed E-state index contributed by atoms with van der Waals surface area (Å²) in [6.07, 6.45) is 2.39. The summed E-state index contributed by atoms with van der Waals surface area (Å²) in [5.74, 6) is 1.01. The van der Waals surface area contributed by atoms with Gasteiger partial charge in [0.05, 0.1) is 0 Å². The summed E-state index contributed by atoms with van der Waals surface area (Å²) in [5.41, 5.74) is 0. The van der Waals surface area contributed by atoms with Gasteiger partial charge in [-0.1, -0.05) is 15.9 Å². The SMILES string of the molecule is Cc1nc(NC(=O)CCCCBr)n[nH]1. The molecule has 5 nitrogen and oxygen atoms in total. The van der Waals surface area contributed by atoms with Gasteiger partial charge >= 0.3 is 0 Å². The van der Waals surface area contributed by atoms with E-state index in [-0.39, 0.29) is 5.91 Å². The van der Waals surface area contributed by atoms with Gasteiger partial charge in [-0.15, -0.1) is 5.10 Å². The van der Waals surface area contributed by atoms with Crippen LogP contribution in [0.5, 0.6) is 0 Å². The highest BCUT2D eigenvalue weighted by molar-refractivity contribution is 9.09. The highest BCUT2D eigenvalue weighted by Crippen LogP contribution is 2.02. The quantitative estimate of drug-likeness (QED) is 0.625. The Morgan fingerprint density at radius 3 is 2.93 bits per heavy atom. The highest BCUT2D eigenvalue weighted by atomic mass is 79.9. The fraction of sp³-hybridized carbons (Fsp3) is 0.625. The van der Waals surface area contributed by atoms with E-state index < -0.39 is 0 Å². The molecule has 6 heteroatoms. The van der Waals surface area contributed by atoms with Gasteiger partial charge < -0.3 is 0 Å². The molecule has 78 valence electrons. The Balaban J connectivity index is 2.27. The van der Waals surface area contributed by atoms with Crippen LogP contribution in [0.15, 0.2) is 0 Å². The largest absolute Gasteiger partial charge is 0.293 e. The third kappa shape index (κ3) is 3.87. The van der Waals surface area contributed by atoms with Crippen molar-refractivity contribution < 1.29 is 4.79 Å². The number of aromatic nitrogens is 3. The van der Waals surface area contributed by atoms with Crippen molar-refractivity contribution in [2.24, 2.45) is 0 Å². The van der Waals surface area contributed by atoms with Crippen LogP contribution in [0.2, 0.25) is 0 Å². The number of alkyl halides is 1. The number of aryl methyl sites for hydroxylation is 1. The molecule has 1 aromatic rings. The Morgan fingerprint density at radius 1 is 1.57 bits per heavy atom. The van der Waals surface area contributed by atoms with Crippen molar-refractivity contribution in [2.45, 2.75) is 26.2 Å². The van der Waals surface area contributed by atoms with Gasteiger partial charge in [0.1, 0.15) is 5.82 Å². The van der Waals surface area contributed by atoms with Crippen LogP contribution in [-0.4, -0.2) is 26.4 Å². The number of nitrogens with one attached hydrogen (secondary N) is 2. The zero-order valence-electron chi connectivity index (χ0n) is 8.01. The summed E-state index contributed by atoms with van der Waals surface area (Å²) < 4.78 is 0. The Morgan fingerprint density at radius 2 is 2.36 bits per heavy atom. The molecule has 1 amide bonds. The first-order valence-corrected chi connectivity index (χ1v) is 5.59. The number of rotatable bonds is 5. The average molecular weight is 261 g/mol. The molecule has 0 aliphatic heterocycles. The molecule has 14 heavy (non-hydrogen) atoms. The van der Waals surface area contributed by atoms with Gasteiger partial charge in [-0.2, -0.15) is 4.98 Å². The van der Waals surface area contributed by atoms with Crippen molar-refractivity contribution in [3.63, 3.8) is 0 Å². The van der Waals surface area contributed by atoms with Crippen LogP contribution in [0.1, 0.15) is 25.1 Å². The maximum Gasteiger partial charge on any atom is 0.248 e. The van der Waals surface area contributed by atoms with E-state index >= 15 is 0 Å². The van der Waals surface area contributed by atoms with Crippen LogP contribution in [0.4, 0.5) is 5.95 Å². The number of halogens is 1. The molecule has 0 radical (unpaired) electrons. The van der Waals surface area contributed by atoms with E-state index in [2.05, 4.69) is 36.4 Å². The van der Waals surface area contributed by atoms with E-state index in [1.54, 1.807) is 6.92 Å². The van der Waals surface area contributed by atoms with Crippen molar-refractivity contribution in [1.82, 2.24) is 15.2 Å². The zero-order chi connectivity index (χ0) is 10.4. The third-order valence-electron chi connectivity index (χ3n) is 1.64. The molecular weight excluding hydrogens is 248 g/mol. The second-order valence-corrected chi connectivity index (χ2v) is 3.73. The number of anilines is 1. The minimum Gasteiger partial charge on any atom is -0.293 e. The van der Waals surface area contributed by atoms with Crippen molar-refractivity contribution >= 4 is 27.8 Å². The molecule has 0 atom stereocenters. The number of aromatic amines is 1. The summed E-state index contributed by atoms with van der Waals surface area (Å²) in [6.45, 7) is 1.79. The molecule has 1 rings (SSSR count). The third-order valence-corrected chi connectivity index (χ3v) is 2.20. The van der Waals surface area contributed by atoms with Crippen LogP contribution in [0.25, 0.3) is 0 Å². The highest BCUT2D eigenvalue weighted by Gasteiger charge is 2.04. The Hall–Kier alpha value is -0.910. The van der Waals surface area contributed by atoms with Crippen molar-refractivity contribution in [3.8, 4) is 0 Å². The zero-order valence-corrected chi connectivity index (χ0v) is 9.60. The molecule has 0 unspecified atom stereocenters. The molecule has 0 spiro atoms. The van der Waals surface area contributed by atoms with Gasteiger partial charge in [0.15, 0.2) is 0 Å². The number of carbonyl (C=O) groups excluding carboxylic acids is 1. The van der Waals surface area contributed by atoms with Gasteiger partial charge in [-0.3, -0.25) is 15.2 Å². The second-order valence-electron chi connectivity index (χ2n) is 2.94. The van der Waals surface area contributed by atoms with Gasteiger partial charge in [-0.05, 0) is 19.8 Å². The minimum atomic E-state index is -0.0371. The van der Waals surface area contributed by atoms with E-state index in [0.29, 0.717) is 18.2 Å². The van der Waals surface area contributed by atoms with E-state index in [1.807, 2.05) is 0 Å². The van der Waals surface area contributed by atoms with Crippen molar-refractivity contribution in [2.75, 3.05) is 10.6 Å². The molecule has 0 fully saturated rings. The fourth-order valence-corrected chi connectivity index (χ4v) is 1.36. The normalized spacial score (nSPS) is 10.1. The molecule has 0 bridgehead atoms. The number of amides is 1. The lowest BCUT2D eigenvalue weighted by Crippen LogP contribution is -2.12. The predicted octanol–water partition coefficient (Wildman–Crippen LogP) is 1.62. The monoisotopic (exact) mass is 260 g/mol. The molecule has 1 aromatic heterocycles. The van der Waals surface area contributed by atoms with Crippen LogP contribution < -0.4 is 5.32 Å². The molecule has 0 aliphatic rings. The standard InChI is InChI=1S/C8H13BrN4O/c1-6-10-8(13-12-6)11-7(14)4-2-3-5-9/h2-5H2,1H3,(H2,10,11,12,13,14). The van der Waals surface area contributed by atoms with E-state index in [4.69, 9.17) is 0 Å². The molecule has 0 aromatic carbocycles. The van der Waals surface area contributed by atoms with Crippen molar-refractivity contribution in [3.05, 3.63) is 5.82 Å². The maximum atomic E-state index is 11.3. The van der Waals surface area contributed by atoms with Crippen LogP contribution >= 0.6 is 15.9 Å². The lowest BCUT2D eigenvalue weighted by molar-refractivity contribution is -0.116. The number of unbranched alkanes of at least 4 members (excludes halogenated alkanes) is 1. The first-order valence-electron chi connectivity index (χ1n) is 4.47. The molecule has 1 heterocycles. The summed E-state index contributed by atoms with van der Waals surface area (Å²) in [6, 6.07) is 0. The van der Waals surface area contributed by atoms with Crippen LogP contribution in [0, 0.1) is 6.92 Å². The minimum absolute atomic E-state index is 0.0371. The average Bonchev–Trinajstić information content (AvgIpc) is 2.52. The molecule has 0 saturated carbocycles. The van der Waals surface area contributed by atoms with Gasteiger partial charge in [-0.25, -0.2) is 0 Å². The fourth-order valence-electron chi connectivity index (χ4n) is 0.966. The predicted molar refractivity (Wildman–Crippen MR) is 57.4 cm³/mol. The number of hydrogen-bond donors (Lipinski definition) is 2. The van der Waals surface area contributed by atoms with Crippen LogP contribution in [-0.2, 0) is 4.79 Å². The van der Waals surface area contributed by atoms with Crippen molar-refractivity contribution in [1.29, 1.82) is 0 Å². The van der Waals surface area contributed by atoms with Gasteiger partial charge in [0.25, 0.3) is 0 Å². The first kappa shape index (κ1) is 11.2. The summed E-state index contributed by atoms with van der Waals surface area (Å²) in [5, 5.41) is 10.0. The second kappa shape index (κ2) is 5.74. The molecular formula is C8H13BrN4O. The van der Waals surface area contributed by atoms with E-state index in [1.165, 1.54) is 0 Å². The lowest BCUT2D eigenvalue weighted by Gasteiger charge is -1.98. The number of H-pyrrole nitrogens is 1. The Kier molecular flexibility index (Phi) is 4.58. The summed E-state index contributed by atoms with van der Waals surface area (Å²) in [7, 11) is 0. The molecule has 0 saturated heterocycles. The number of nitrogens with zero attached hydrogens (tertiary/aromatic N) is 2. The van der Waals surface area contributed by atoms with Gasteiger partial charge in [0, 0.05) is 11.8 Å². The van der Waals surface area contributed by atoms with E-state index in [9.17, 15) is 4.79 Å². The van der Waals surface area contributed by atoms with E-state index in [0.717, 1.165) is 18.2 Å². The van der Waals surface area contributed by atoms with Gasteiger partial charge in [0.2, 0.25) is 11.9 Å². The first-order chi connectivity index (χ1) is 6.72. The molecule has 2 N–H and O–H groups in total. The summed E-state index contributed by atoms with van der Waals surface area (Å²) in [4.78, 5) is 15.2. The lowest BCUT2D eigenvalue weighted by atomic mass is 10.2. The Labute approximate surface area is 90.8 Å². The van der Waals surface area contributed by atoms with Crippen LogP contribution in [0.3, 0.4) is 0 Å². The molecule has 0 aliphatic carbocycles. The number of carbonyl (C=O) groups is 1. The summed E-state index contributed by atoms with van der Waals surface area (Å²) >= 11 is 3.31. The Bertz CT molecular complexity index is 299. The topological polar surface area (TPSA) is 70.7 Å². The smallest absolute Gasteiger partial charge is 0.248 e. The maximum absolute atomic E-state index is 11.3.